The van der Waals surface area contributed by atoms with Gasteiger partial charge in [-0.1, -0.05) is 23.7 Å². The van der Waals surface area contributed by atoms with Gasteiger partial charge in [-0.2, -0.15) is 0 Å². The molecule has 0 saturated heterocycles. The number of hydrogen-bond donors (Lipinski definition) is 1. The summed E-state index contributed by atoms with van der Waals surface area (Å²) in [5, 5.41) is 0.531. The van der Waals surface area contributed by atoms with Crippen LogP contribution < -0.4 is 5.73 Å². The van der Waals surface area contributed by atoms with Gasteiger partial charge in [-0.3, -0.25) is 0 Å². The molecule has 0 heterocycles. The Hall–Kier alpha value is -0.740. The number of rotatable bonds is 2. The van der Waals surface area contributed by atoms with Crippen LogP contribution in [0.25, 0.3) is 0 Å². The Morgan fingerprint density at radius 1 is 1.62 bits per heavy atom. The minimum Gasteiger partial charge on any atom is -0.445 e. The van der Waals surface area contributed by atoms with Crippen LogP contribution in [-0.4, -0.2) is 6.09 Å². The van der Waals surface area contributed by atoms with Crippen molar-refractivity contribution in [3.05, 3.63) is 33.3 Å². The van der Waals surface area contributed by atoms with E-state index in [-0.39, 0.29) is 6.61 Å². The van der Waals surface area contributed by atoms with Crippen LogP contribution in [0, 0.1) is 0 Å². The maximum Gasteiger partial charge on any atom is 0.404 e. The molecule has 0 saturated carbocycles. The van der Waals surface area contributed by atoms with Crippen molar-refractivity contribution in [3.63, 3.8) is 0 Å². The zero-order valence-corrected chi connectivity index (χ0v) is 8.93. The third-order valence-electron chi connectivity index (χ3n) is 1.40. The average molecular weight is 265 g/mol. The molecule has 1 aromatic carbocycles. The summed E-state index contributed by atoms with van der Waals surface area (Å²) in [5.74, 6) is 0. The van der Waals surface area contributed by atoms with Crippen LogP contribution in [0.1, 0.15) is 5.56 Å². The van der Waals surface area contributed by atoms with Crippen LogP contribution in [0.2, 0.25) is 5.02 Å². The molecule has 5 heteroatoms. The molecule has 0 atom stereocenters. The maximum absolute atomic E-state index is 10.3. The van der Waals surface area contributed by atoms with Crippen LogP contribution in [-0.2, 0) is 11.3 Å². The Morgan fingerprint density at radius 2 is 2.31 bits per heavy atom. The van der Waals surface area contributed by atoms with Gasteiger partial charge in [0.25, 0.3) is 0 Å². The van der Waals surface area contributed by atoms with Crippen LogP contribution in [0.15, 0.2) is 22.7 Å². The Labute approximate surface area is 88.9 Å². The number of hydrogen-bond acceptors (Lipinski definition) is 2. The second-order valence-corrected chi connectivity index (χ2v) is 3.55. The number of nitrogens with two attached hydrogens (primary N) is 1. The number of ether oxygens (including phenoxy) is 1. The van der Waals surface area contributed by atoms with Gasteiger partial charge in [0.15, 0.2) is 0 Å². The molecule has 0 aliphatic carbocycles. The Balaban J connectivity index is 2.77. The Kier molecular flexibility index (Phi) is 3.57. The van der Waals surface area contributed by atoms with E-state index in [1.54, 1.807) is 18.2 Å². The summed E-state index contributed by atoms with van der Waals surface area (Å²) >= 11 is 9.15. The van der Waals surface area contributed by atoms with E-state index in [9.17, 15) is 4.79 Å². The van der Waals surface area contributed by atoms with Crippen LogP contribution >= 0.6 is 27.5 Å². The summed E-state index contributed by atoms with van der Waals surface area (Å²) in [7, 11) is 0. The molecule has 0 spiro atoms. The van der Waals surface area contributed by atoms with Crippen molar-refractivity contribution in [3.8, 4) is 0 Å². The lowest BCUT2D eigenvalue weighted by molar-refractivity contribution is 0.150. The monoisotopic (exact) mass is 263 g/mol. The Bertz CT molecular complexity index is 330. The van der Waals surface area contributed by atoms with E-state index in [2.05, 4.69) is 20.7 Å². The second-order valence-electron chi connectivity index (χ2n) is 2.32. The predicted molar refractivity (Wildman–Crippen MR) is 53.5 cm³/mol. The fraction of sp³-hybridized carbons (Fsp3) is 0.125. The fourth-order valence-electron chi connectivity index (χ4n) is 0.809. The highest BCUT2D eigenvalue weighted by atomic mass is 79.9. The highest BCUT2D eigenvalue weighted by Gasteiger charge is 2.04. The smallest absolute Gasteiger partial charge is 0.404 e. The van der Waals surface area contributed by atoms with Crippen molar-refractivity contribution < 1.29 is 9.53 Å². The molecule has 0 bridgehead atoms. The van der Waals surface area contributed by atoms with E-state index in [0.29, 0.717) is 5.02 Å². The normalized spacial score (nSPS) is 9.69. The maximum atomic E-state index is 10.3. The SMILES string of the molecule is NC(=O)OCc1cccc(Br)c1Cl. The first kappa shape index (κ1) is 10.3. The summed E-state index contributed by atoms with van der Waals surface area (Å²) in [4.78, 5) is 10.3. The van der Waals surface area contributed by atoms with Crippen molar-refractivity contribution >= 4 is 33.6 Å². The fourth-order valence-corrected chi connectivity index (χ4v) is 1.40. The van der Waals surface area contributed by atoms with Gasteiger partial charge in [-0.05, 0) is 22.0 Å². The van der Waals surface area contributed by atoms with Gasteiger partial charge < -0.3 is 10.5 Å². The number of carbonyl (C=O) groups is 1. The molecule has 1 amide bonds. The lowest BCUT2D eigenvalue weighted by Gasteiger charge is -2.04. The summed E-state index contributed by atoms with van der Waals surface area (Å²) in [5.41, 5.74) is 5.53. The minimum atomic E-state index is -0.809. The van der Waals surface area contributed by atoms with Gasteiger partial charge in [-0.15, -0.1) is 0 Å². The zero-order chi connectivity index (χ0) is 9.84. The van der Waals surface area contributed by atoms with Crippen molar-refractivity contribution in [2.75, 3.05) is 0 Å². The van der Waals surface area contributed by atoms with E-state index in [4.69, 9.17) is 17.3 Å². The lowest BCUT2D eigenvalue weighted by atomic mass is 10.2. The third kappa shape index (κ3) is 2.90. The van der Waals surface area contributed by atoms with Gasteiger partial charge in [-0.25, -0.2) is 4.79 Å². The molecular weight excluding hydrogens is 257 g/mol. The van der Waals surface area contributed by atoms with E-state index in [1.807, 2.05) is 0 Å². The number of carbonyl (C=O) groups excluding carboxylic acids is 1. The number of halogens is 2. The first-order valence-electron chi connectivity index (χ1n) is 3.46. The van der Waals surface area contributed by atoms with E-state index in [0.717, 1.165) is 10.0 Å². The largest absolute Gasteiger partial charge is 0.445 e. The molecule has 0 fully saturated rings. The van der Waals surface area contributed by atoms with Crippen molar-refractivity contribution in [2.24, 2.45) is 5.73 Å². The quantitative estimate of drug-likeness (QED) is 0.893. The molecule has 0 unspecified atom stereocenters. The molecule has 1 rings (SSSR count). The third-order valence-corrected chi connectivity index (χ3v) is 2.74. The standard InChI is InChI=1S/C8H7BrClNO2/c9-6-3-1-2-5(7(6)10)4-13-8(11)12/h1-3H,4H2,(H2,11,12). The van der Waals surface area contributed by atoms with Crippen molar-refractivity contribution in [2.45, 2.75) is 6.61 Å². The zero-order valence-electron chi connectivity index (χ0n) is 6.59. The molecule has 0 radical (unpaired) electrons. The topological polar surface area (TPSA) is 52.3 Å². The number of amides is 1. The van der Waals surface area contributed by atoms with Gasteiger partial charge in [0.05, 0.1) is 5.02 Å². The van der Waals surface area contributed by atoms with Crippen LogP contribution in [0.3, 0.4) is 0 Å². The van der Waals surface area contributed by atoms with Crippen LogP contribution in [0.5, 0.6) is 0 Å². The summed E-state index contributed by atoms with van der Waals surface area (Å²) < 4.78 is 5.36. The first-order valence-corrected chi connectivity index (χ1v) is 4.63. The molecule has 0 aromatic heterocycles. The molecule has 70 valence electrons. The molecular formula is C8H7BrClNO2. The van der Waals surface area contributed by atoms with Crippen LogP contribution in [0.4, 0.5) is 4.79 Å². The second kappa shape index (κ2) is 4.48. The molecule has 1 aromatic rings. The summed E-state index contributed by atoms with van der Waals surface area (Å²) in [6, 6.07) is 5.36. The van der Waals surface area contributed by atoms with E-state index >= 15 is 0 Å². The van der Waals surface area contributed by atoms with Crippen molar-refractivity contribution in [1.29, 1.82) is 0 Å². The molecule has 3 nitrogen and oxygen atoms in total. The molecule has 0 aliphatic rings. The summed E-state index contributed by atoms with van der Waals surface area (Å²) in [6.07, 6.45) is -0.809. The highest BCUT2D eigenvalue weighted by Crippen LogP contribution is 2.26. The lowest BCUT2D eigenvalue weighted by Crippen LogP contribution is -2.12. The predicted octanol–water partition coefficient (Wildman–Crippen LogP) is 2.70. The average Bonchev–Trinajstić information content (AvgIpc) is 2.07. The Morgan fingerprint density at radius 3 is 2.92 bits per heavy atom. The summed E-state index contributed by atoms with van der Waals surface area (Å²) in [6.45, 7) is 0.0909. The van der Waals surface area contributed by atoms with Gasteiger partial charge in [0.2, 0.25) is 0 Å². The first-order chi connectivity index (χ1) is 6.11. The van der Waals surface area contributed by atoms with Gasteiger partial charge >= 0.3 is 6.09 Å². The van der Waals surface area contributed by atoms with Gasteiger partial charge in [0, 0.05) is 10.0 Å². The molecule has 13 heavy (non-hydrogen) atoms. The minimum absolute atomic E-state index is 0.0909. The highest BCUT2D eigenvalue weighted by molar-refractivity contribution is 9.10. The number of benzene rings is 1. The van der Waals surface area contributed by atoms with E-state index in [1.165, 1.54) is 0 Å². The van der Waals surface area contributed by atoms with Crippen molar-refractivity contribution in [1.82, 2.24) is 0 Å². The number of primary amides is 1. The van der Waals surface area contributed by atoms with E-state index < -0.39 is 6.09 Å². The molecule has 0 aliphatic heterocycles. The molecule has 2 N–H and O–H groups in total. The van der Waals surface area contributed by atoms with Gasteiger partial charge in [0.1, 0.15) is 6.61 Å².